The van der Waals surface area contributed by atoms with Crippen LogP contribution in [0.1, 0.15) is 64.2 Å². The Balaban J connectivity index is 1.10. The van der Waals surface area contributed by atoms with Crippen LogP contribution in [0.25, 0.3) is 38.6 Å². The molecule has 50 heavy (non-hydrogen) atoms. The van der Waals surface area contributed by atoms with E-state index in [4.69, 9.17) is 4.99 Å². The van der Waals surface area contributed by atoms with Gasteiger partial charge in [0.05, 0.1) is 16.6 Å². The van der Waals surface area contributed by atoms with Crippen molar-refractivity contribution in [2.75, 3.05) is 0 Å². The van der Waals surface area contributed by atoms with Gasteiger partial charge < -0.3 is 9.47 Å². The van der Waals surface area contributed by atoms with E-state index in [0.717, 1.165) is 18.7 Å². The molecule has 2 heterocycles. The van der Waals surface area contributed by atoms with Crippen molar-refractivity contribution in [1.29, 1.82) is 0 Å². The molecule has 248 valence electrons. The number of nitrogens with zero attached hydrogens (tertiary/aromatic N) is 3. The van der Waals surface area contributed by atoms with Crippen LogP contribution in [0.4, 0.5) is 0 Å². The van der Waals surface area contributed by atoms with Crippen LogP contribution in [-0.4, -0.2) is 21.2 Å². The number of hydrogen-bond donors (Lipinski definition) is 0. The highest BCUT2D eigenvalue weighted by atomic mass is 15.3. The highest BCUT2D eigenvalue weighted by molar-refractivity contribution is 6.10. The molecule has 0 saturated carbocycles. The Hall–Kier alpha value is -5.15. The van der Waals surface area contributed by atoms with Gasteiger partial charge in [-0.05, 0) is 101 Å². The van der Waals surface area contributed by atoms with Crippen LogP contribution in [0.2, 0.25) is 0 Å². The number of allylic oxidation sites excluding steroid dienone is 7. The first-order valence-corrected chi connectivity index (χ1v) is 18.3. The molecule has 0 saturated heterocycles. The van der Waals surface area contributed by atoms with Gasteiger partial charge in [-0.1, -0.05) is 119 Å². The number of para-hydroxylation sites is 2. The van der Waals surface area contributed by atoms with Crippen molar-refractivity contribution < 1.29 is 0 Å². The van der Waals surface area contributed by atoms with Crippen LogP contribution >= 0.6 is 0 Å². The first-order valence-electron chi connectivity index (χ1n) is 18.3. The van der Waals surface area contributed by atoms with Gasteiger partial charge in [-0.25, -0.2) is 4.99 Å². The van der Waals surface area contributed by atoms with Crippen LogP contribution in [0.3, 0.4) is 0 Å². The van der Waals surface area contributed by atoms with E-state index < -0.39 is 0 Å². The van der Waals surface area contributed by atoms with Crippen molar-refractivity contribution in [2.24, 2.45) is 22.7 Å². The molecule has 0 spiro atoms. The minimum Gasteiger partial charge on any atom is -0.320 e. The van der Waals surface area contributed by atoms with Crippen molar-refractivity contribution in [2.45, 2.75) is 58.4 Å². The molecule has 0 amide bonds. The Morgan fingerprint density at radius 1 is 0.800 bits per heavy atom. The monoisotopic (exact) mass is 651 g/mol. The summed E-state index contributed by atoms with van der Waals surface area (Å²) in [5.41, 5.74) is 11.7. The Bertz CT molecular complexity index is 2360. The lowest BCUT2D eigenvalue weighted by atomic mass is 9.68. The lowest BCUT2D eigenvalue weighted by Crippen LogP contribution is -2.47. The quantitative estimate of drug-likeness (QED) is 0.185. The highest BCUT2D eigenvalue weighted by Crippen LogP contribution is 2.57. The SMILES string of the molecule is CC1C=C(N(C2=CC=C3c4ccccc4C(C)(C)C3C2C)C2(C)C=CC(c3ccc4c(c3)c3ccccc3n4-c3ccccc3)=CC2)N=CC1. The lowest BCUT2D eigenvalue weighted by Gasteiger charge is -2.48. The van der Waals surface area contributed by atoms with Crippen LogP contribution in [-0.2, 0) is 5.41 Å². The average Bonchev–Trinajstić information content (AvgIpc) is 3.58. The predicted molar refractivity (Wildman–Crippen MR) is 211 cm³/mol. The van der Waals surface area contributed by atoms with Gasteiger partial charge in [-0.15, -0.1) is 0 Å². The molecule has 5 aromatic rings. The summed E-state index contributed by atoms with van der Waals surface area (Å²) in [5.74, 6) is 2.26. The fourth-order valence-electron chi connectivity index (χ4n) is 9.49. The van der Waals surface area contributed by atoms with Crippen LogP contribution in [0.5, 0.6) is 0 Å². The van der Waals surface area contributed by atoms with E-state index in [1.165, 1.54) is 61.0 Å². The molecule has 4 atom stereocenters. The molecule has 0 bridgehead atoms. The van der Waals surface area contributed by atoms with E-state index in [1.807, 2.05) is 0 Å². The lowest BCUT2D eigenvalue weighted by molar-refractivity contribution is 0.195. The van der Waals surface area contributed by atoms with Gasteiger partial charge in [0, 0.05) is 40.2 Å². The Morgan fingerprint density at radius 3 is 2.36 bits per heavy atom. The van der Waals surface area contributed by atoms with Gasteiger partial charge in [0.25, 0.3) is 0 Å². The number of rotatable bonds is 5. The van der Waals surface area contributed by atoms with Gasteiger partial charge in [0.1, 0.15) is 5.82 Å². The van der Waals surface area contributed by atoms with Crippen LogP contribution in [0.15, 0.2) is 150 Å². The topological polar surface area (TPSA) is 20.5 Å². The van der Waals surface area contributed by atoms with Crippen molar-refractivity contribution >= 4 is 39.2 Å². The second-order valence-electron chi connectivity index (χ2n) is 15.6. The summed E-state index contributed by atoms with van der Waals surface area (Å²) in [6.07, 6.45) is 18.4. The van der Waals surface area contributed by atoms with Crippen molar-refractivity contribution in [1.82, 2.24) is 9.47 Å². The zero-order chi connectivity index (χ0) is 34.2. The van der Waals surface area contributed by atoms with Crippen molar-refractivity contribution in [3.05, 3.63) is 162 Å². The molecular weight excluding hydrogens is 607 g/mol. The molecule has 4 unspecified atom stereocenters. The minimum atomic E-state index is -0.266. The van der Waals surface area contributed by atoms with E-state index in [2.05, 4.69) is 184 Å². The number of hydrogen-bond acceptors (Lipinski definition) is 2. The second-order valence-corrected chi connectivity index (χ2v) is 15.6. The molecule has 1 aliphatic heterocycles. The van der Waals surface area contributed by atoms with E-state index in [1.54, 1.807) is 0 Å². The second kappa shape index (κ2) is 11.5. The molecule has 3 heteroatoms. The number of aromatic nitrogens is 1. The van der Waals surface area contributed by atoms with Gasteiger partial charge >= 0.3 is 0 Å². The van der Waals surface area contributed by atoms with Crippen LogP contribution in [0, 0.1) is 17.8 Å². The molecule has 1 aromatic heterocycles. The van der Waals surface area contributed by atoms with Gasteiger partial charge in [0.15, 0.2) is 0 Å². The zero-order valence-electron chi connectivity index (χ0n) is 29.8. The maximum atomic E-state index is 5.08. The van der Waals surface area contributed by atoms with E-state index >= 15 is 0 Å². The largest absolute Gasteiger partial charge is 0.320 e. The number of fused-ring (bicyclic) bond motifs is 6. The third-order valence-corrected chi connectivity index (χ3v) is 12.0. The summed E-state index contributed by atoms with van der Waals surface area (Å²) in [7, 11) is 0. The molecule has 3 aliphatic carbocycles. The highest BCUT2D eigenvalue weighted by Gasteiger charge is 2.49. The third-order valence-electron chi connectivity index (χ3n) is 12.0. The summed E-state index contributed by atoms with van der Waals surface area (Å²) in [4.78, 5) is 7.66. The maximum Gasteiger partial charge on any atom is 0.129 e. The number of aliphatic imine (C=N–C) groups is 1. The van der Waals surface area contributed by atoms with E-state index in [-0.39, 0.29) is 11.0 Å². The fraction of sp³-hybridized carbons (Fsp3) is 0.255. The smallest absolute Gasteiger partial charge is 0.129 e. The number of benzene rings is 4. The van der Waals surface area contributed by atoms with Crippen molar-refractivity contribution in [3.63, 3.8) is 0 Å². The molecule has 4 aliphatic rings. The first kappa shape index (κ1) is 30.9. The summed E-state index contributed by atoms with van der Waals surface area (Å²) in [5, 5.41) is 2.56. The molecule has 9 rings (SSSR count). The molecule has 0 N–H and O–H groups in total. The summed E-state index contributed by atoms with van der Waals surface area (Å²) < 4.78 is 2.39. The van der Waals surface area contributed by atoms with Crippen molar-refractivity contribution in [3.8, 4) is 5.69 Å². The summed E-state index contributed by atoms with van der Waals surface area (Å²) >= 11 is 0. The molecule has 0 fully saturated rings. The summed E-state index contributed by atoms with van der Waals surface area (Å²) in [6.45, 7) is 12.0. The third kappa shape index (κ3) is 4.66. The maximum absolute atomic E-state index is 5.08. The molecule has 0 radical (unpaired) electrons. The summed E-state index contributed by atoms with van der Waals surface area (Å²) in [6, 6.07) is 35.5. The molecule has 4 aromatic carbocycles. The average molecular weight is 652 g/mol. The zero-order valence-corrected chi connectivity index (χ0v) is 29.8. The normalized spacial score (nSPS) is 25.1. The van der Waals surface area contributed by atoms with Crippen LogP contribution < -0.4 is 0 Å². The minimum absolute atomic E-state index is 0.0448. The fourth-order valence-corrected chi connectivity index (χ4v) is 9.49. The van der Waals surface area contributed by atoms with E-state index in [9.17, 15) is 0 Å². The predicted octanol–water partition coefficient (Wildman–Crippen LogP) is 11.7. The Kier molecular flexibility index (Phi) is 7.07. The standard InChI is InChI=1S/C47H45N3/c1-31-25-28-48-44(29-31)50(41-22-20-38-36-15-9-11-17-40(36)46(3,4)45(38)32(41)2)47(5)26-23-33(24-27-47)34-19-21-43-39(30-34)37-16-10-12-18-42(37)49(43)35-13-7-6-8-14-35/h6-24,26,28-32,45H,25,27H2,1-5H3. The Labute approximate surface area is 296 Å². The van der Waals surface area contributed by atoms with Gasteiger partial charge in [0.2, 0.25) is 0 Å². The van der Waals surface area contributed by atoms with Gasteiger partial charge in [-0.2, -0.15) is 0 Å². The van der Waals surface area contributed by atoms with E-state index in [0.29, 0.717) is 17.8 Å². The molecular formula is C47H45N3. The molecule has 3 nitrogen and oxygen atoms in total. The van der Waals surface area contributed by atoms with Gasteiger partial charge in [-0.3, -0.25) is 0 Å². The first-order chi connectivity index (χ1) is 24.2. The Morgan fingerprint density at radius 2 is 1.56 bits per heavy atom.